The van der Waals surface area contributed by atoms with Crippen LogP contribution in [-0.2, 0) is 9.47 Å². The Morgan fingerprint density at radius 3 is 1.71 bits per heavy atom. The molecule has 0 aromatic rings. The van der Waals surface area contributed by atoms with E-state index in [4.69, 9.17) is 9.47 Å². The Bertz CT molecular complexity index is 100. The number of nitrogens with one attached hydrogen (secondary N) is 2. The standard InChI is InChI=1S/C10H24N2O2/c1-10(8-11-4-6-13-2)9-12-5-7-14-3/h10-12H,4-9H2,1-3H3. The lowest BCUT2D eigenvalue weighted by atomic mass is 10.2. The Labute approximate surface area is 87.4 Å². The topological polar surface area (TPSA) is 42.5 Å². The van der Waals surface area contributed by atoms with Crippen molar-refractivity contribution < 1.29 is 9.47 Å². The molecule has 0 fully saturated rings. The van der Waals surface area contributed by atoms with E-state index in [2.05, 4.69) is 17.6 Å². The first-order valence-electron chi connectivity index (χ1n) is 5.20. The molecule has 14 heavy (non-hydrogen) atoms. The highest BCUT2D eigenvalue weighted by molar-refractivity contribution is 4.59. The second-order valence-electron chi connectivity index (χ2n) is 3.50. The van der Waals surface area contributed by atoms with Crippen molar-refractivity contribution in [2.45, 2.75) is 6.92 Å². The van der Waals surface area contributed by atoms with Crippen molar-refractivity contribution in [2.75, 3.05) is 53.6 Å². The van der Waals surface area contributed by atoms with Crippen molar-refractivity contribution in [1.29, 1.82) is 0 Å². The molecule has 0 unspecified atom stereocenters. The summed E-state index contributed by atoms with van der Waals surface area (Å²) in [5.74, 6) is 0.642. The van der Waals surface area contributed by atoms with E-state index < -0.39 is 0 Å². The van der Waals surface area contributed by atoms with E-state index in [0.717, 1.165) is 39.4 Å². The van der Waals surface area contributed by atoms with Crippen LogP contribution in [0.3, 0.4) is 0 Å². The normalized spacial score (nSPS) is 11.1. The summed E-state index contributed by atoms with van der Waals surface area (Å²) in [4.78, 5) is 0. The summed E-state index contributed by atoms with van der Waals surface area (Å²) < 4.78 is 9.88. The van der Waals surface area contributed by atoms with Crippen molar-refractivity contribution in [3.8, 4) is 0 Å². The van der Waals surface area contributed by atoms with E-state index in [0.29, 0.717) is 5.92 Å². The minimum absolute atomic E-state index is 0.642. The predicted octanol–water partition coefficient (Wildman–Crippen LogP) is 0.0945. The molecule has 0 amide bonds. The molecule has 0 aliphatic heterocycles. The molecule has 0 radical (unpaired) electrons. The SMILES string of the molecule is COCCNCC(C)CNCCOC. The number of methoxy groups -OCH3 is 2. The number of hydrogen-bond donors (Lipinski definition) is 2. The lowest BCUT2D eigenvalue weighted by molar-refractivity contribution is 0.194. The molecule has 0 aliphatic carbocycles. The highest BCUT2D eigenvalue weighted by atomic mass is 16.5. The maximum Gasteiger partial charge on any atom is 0.0587 e. The van der Waals surface area contributed by atoms with Crippen LogP contribution in [-0.4, -0.2) is 53.6 Å². The summed E-state index contributed by atoms with van der Waals surface area (Å²) in [7, 11) is 3.44. The molecule has 0 aliphatic rings. The van der Waals surface area contributed by atoms with Gasteiger partial charge in [0.1, 0.15) is 0 Å². The Balaban J connectivity index is 3.07. The Morgan fingerprint density at radius 2 is 1.36 bits per heavy atom. The molecule has 0 atom stereocenters. The molecule has 4 nitrogen and oxygen atoms in total. The summed E-state index contributed by atoms with van der Waals surface area (Å²) in [5.41, 5.74) is 0. The van der Waals surface area contributed by atoms with Gasteiger partial charge in [0.2, 0.25) is 0 Å². The maximum absolute atomic E-state index is 4.94. The van der Waals surface area contributed by atoms with Gasteiger partial charge in [-0.15, -0.1) is 0 Å². The minimum Gasteiger partial charge on any atom is -0.383 e. The van der Waals surface area contributed by atoms with Gasteiger partial charge in [-0.1, -0.05) is 6.92 Å². The molecule has 0 aromatic heterocycles. The third-order valence-corrected chi connectivity index (χ3v) is 1.95. The predicted molar refractivity (Wildman–Crippen MR) is 58.7 cm³/mol. The fourth-order valence-electron chi connectivity index (χ4n) is 1.12. The monoisotopic (exact) mass is 204 g/mol. The smallest absolute Gasteiger partial charge is 0.0587 e. The van der Waals surface area contributed by atoms with Gasteiger partial charge in [-0.3, -0.25) is 0 Å². The van der Waals surface area contributed by atoms with Gasteiger partial charge >= 0.3 is 0 Å². The molecule has 0 bridgehead atoms. The zero-order valence-electron chi connectivity index (χ0n) is 9.64. The van der Waals surface area contributed by atoms with Gasteiger partial charge in [0.25, 0.3) is 0 Å². The average molecular weight is 204 g/mol. The average Bonchev–Trinajstić information content (AvgIpc) is 2.19. The zero-order chi connectivity index (χ0) is 10.6. The van der Waals surface area contributed by atoms with Crippen LogP contribution in [0, 0.1) is 5.92 Å². The van der Waals surface area contributed by atoms with Gasteiger partial charge in [-0.25, -0.2) is 0 Å². The van der Waals surface area contributed by atoms with Crippen molar-refractivity contribution in [3.05, 3.63) is 0 Å². The van der Waals surface area contributed by atoms with Crippen molar-refractivity contribution >= 4 is 0 Å². The molecular weight excluding hydrogens is 180 g/mol. The van der Waals surface area contributed by atoms with Gasteiger partial charge in [0, 0.05) is 27.3 Å². The van der Waals surface area contributed by atoms with Crippen LogP contribution < -0.4 is 10.6 Å². The molecule has 4 heteroatoms. The Hall–Kier alpha value is -0.160. The molecule has 86 valence electrons. The lowest BCUT2D eigenvalue weighted by Crippen LogP contribution is -2.32. The van der Waals surface area contributed by atoms with Gasteiger partial charge in [0.15, 0.2) is 0 Å². The molecule has 0 aromatic carbocycles. The van der Waals surface area contributed by atoms with Crippen LogP contribution in [0.1, 0.15) is 6.92 Å². The number of ether oxygens (including phenoxy) is 2. The highest BCUT2D eigenvalue weighted by Crippen LogP contribution is 1.88. The molecular formula is C10H24N2O2. The van der Waals surface area contributed by atoms with E-state index in [9.17, 15) is 0 Å². The summed E-state index contributed by atoms with van der Waals surface area (Å²) in [5, 5.41) is 6.66. The third kappa shape index (κ3) is 9.92. The maximum atomic E-state index is 4.94. The van der Waals surface area contributed by atoms with Crippen LogP contribution in [0.4, 0.5) is 0 Å². The van der Waals surface area contributed by atoms with Gasteiger partial charge in [0.05, 0.1) is 13.2 Å². The number of rotatable bonds is 10. The minimum atomic E-state index is 0.642. The first-order chi connectivity index (χ1) is 6.81. The van der Waals surface area contributed by atoms with E-state index >= 15 is 0 Å². The van der Waals surface area contributed by atoms with Crippen LogP contribution in [0.2, 0.25) is 0 Å². The Morgan fingerprint density at radius 1 is 0.929 bits per heavy atom. The fraction of sp³-hybridized carbons (Fsp3) is 1.00. The second kappa shape index (κ2) is 10.9. The van der Waals surface area contributed by atoms with Crippen LogP contribution >= 0.6 is 0 Å². The summed E-state index contributed by atoms with van der Waals surface area (Å²) in [6, 6.07) is 0. The Kier molecular flexibility index (Phi) is 10.8. The van der Waals surface area contributed by atoms with E-state index in [-0.39, 0.29) is 0 Å². The molecule has 0 heterocycles. The summed E-state index contributed by atoms with van der Waals surface area (Å²) in [6.07, 6.45) is 0. The summed E-state index contributed by atoms with van der Waals surface area (Å²) >= 11 is 0. The largest absolute Gasteiger partial charge is 0.383 e. The van der Waals surface area contributed by atoms with Crippen molar-refractivity contribution in [3.63, 3.8) is 0 Å². The van der Waals surface area contributed by atoms with Crippen LogP contribution in [0.15, 0.2) is 0 Å². The molecule has 0 rings (SSSR count). The molecule has 2 N–H and O–H groups in total. The van der Waals surface area contributed by atoms with Crippen LogP contribution in [0.25, 0.3) is 0 Å². The third-order valence-electron chi connectivity index (χ3n) is 1.95. The van der Waals surface area contributed by atoms with Gasteiger partial charge in [-0.2, -0.15) is 0 Å². The van der Waals surface area contributed by atoms with Crippen molar-refractivity contribution in [1.82, 2.24) is 10.6 Å². The van der Waals surface area contributed by atoms with E-state index in [1.165, 1.54) is 0 Å². The van der Waals surface area contributed by atoms with Gasteiger partial charge < -0.3 is 20.1 Å². The second-order valence-corrected chi connectivity index (χ2v) is 3.50. The lowest BCUT2D eigenvalue weighted by Gasteiger charge is -2.13. The van der Waals surface area contributed by atoms with E-state index in [1.807, 2.05) is 0 Å². The molecule has 0 spiro atoms. The highest BCUT2D eigenvalue weighted by Gasteiger charge is 1.99. The fourth-order valence-corrected chi connectivity index (χ4v) is 1.12. The number of hydrogen-bond acceptors (Lipinski definition) is 4. The molecule has 0 saturated heterocycles. The van der Waals surface area contributed by atoms with Gasteiger partial charge in [-0.05, 0) is 19.0 Å². The summed E-state index contributed by atoms with van der Waals surface area (Å²) in [6.45, 7) is 7.71. The first kappa shape index (κ1) is 13.8. The van der Waals surface area contributed by atoms with E-state index in [1.54, 1.807) is 14.2 Å². The molecule has 0 saturated carbocycles. The van der Waals surface area contributed by atoms with Crippen molar-refractivity contribution in [2.24, 2.45) is 5.92 Å². The van der Waals surface area contributed by atoms with Crippen LogP contribution in [0.5, 0.6) is 0 Å². The quantitative estimate of drug-likeness (QED) is 0.495. The first-order valence-corrected chi connectivity index (χ1v) is 5.20. The zero-order valence-corrected chi connectivity index (χ0v) is 9.64.